The molecule has 0 heterocycles. The van der Waals surface area contributed by atoms with Gasteiger partial charge < -0.3 is 0 Å². The number of allylic oxidation sites excluding steroid dienone is 8. The maximum absolute atomic E-state index is 16.1. The number of esters is 2. The molecule has 4 nitrogen and oxygen atoms in total. The molecule has 0 saturated carbocycles. The molecule has 2 aromatic carbocycles. The topological polar surface area (TPSA) is 52.6 Å². The quantitative estimate of drug-likeness (QED) is 0.0916. The molecule has 0 spiro atoms. The molecule has 228 valence electrons. The Morgan fingerprint density at radius 2 is 0.930 bits per heavy atom. The van der Waals surface area contributed by atoms with Gasteiger partial charge in [0.2, 0.25) is 0 Å². The van der Waals surface area contributed by atoms with Crippen LogP contribution in [-0.4, -0.2) is 11.9 Å². The predicted octanol–water partition coefficient (Wildman–Crippen LogP) is 7.00. The van der Waals surface area contributed by atoms with E-state index in [-0.39, 0.29) is 46.3 Å². The molecule has 0 N–H and O–H groups in total. The summed E-state index contributed by atoms with van der Waals surface area (Å²) < 4.78 is 132. The molecular formula is C30H24F8O4Ti. The van der Waals surface area contributed by atoms with Gasteiger partial charge in [-0.25, -0.2) is 0 Å². The van der Waals surface area contributed by atoms with Crippen molar-refractivity contribution in [3.63, 3.8) is 0 Å². The van der Waals surface area contributed by atoms with E-state index in [0.29, 0.717) is 0 Å². The number of hydrogen-bond donors (Lipinski definition) is 0. The van der Waals surface area contributed by atoms with E-state index in [1.807, 2.05) is 0 Å². The average molecular weight is 648 g/mol. The Hall–Kier alpha value is -3.51. The molecule has 4 rings (SSSR count). The number of ether oxygens (including phenoxy) is 2. The van der Waals surface area contributed by atoms with Gasteiger partial charge in [0.25, 0.3) is 0 Å². The molecule has 0 atom stereocenters. The maximum atomic E-state index is 16.1. The molecule has 2 aliphatic rings. The SMILES string of the molecule is CCCC(=O)Oc1c(F)c(F)[c]([Ti]([C]2=CC=CC2)([C]2=CC=CC2)[c]2c(F)c(F)c(OC(=O)CCC)c(F)c2F)c(F)c1F. The van der Waals surface area contributed by atoms with Crippen LogP contribution in [-0.2, 0) is 26.2 Å². The molecule has 13 heteroatoms. The van der Waals surface area contributed by atoms with Crippen molar-refractivity contribution in [2.75, 3.05) is 0 Å². The van der Waals surface area contributed by atoms with Crippen molar-refractivity contribution in [1.29, 1.82) is 0 Å². The first-order valence-corrected chi connectivity index (χ1v) is 16.4. The third-order valence-electron chi connectivity index (χ3n) is 7.04. The van der Waals surface area contributed by atoms with Gasteiger partial charge in [0, 0.05) is 0 Å². The fourth-order valence-corrected chi connectivity index (χ4v) is 13.4. The van der Waals surface area contributed by atoms with Gasteiger partial charge >= 0.3 is 245 Å². The van der Waals surface area contributed by atoms with Crippen molar-refractivity contribution in [2.45, 2.75) is 52.4 Å². The second kappa shape index (κ2) is 13.0. The molecule has 0 aliphatic heterocycles. The van der Waals surface area contributed by atoms with Crippen LogP contribution in [0.2, 0.25) is 0 Å². The van der Waals surface area contributed by atoms with Gasteiger partial charge in [0.15, 0.2) is 0 Å². The molecule has 0 unspecified atom stereocenters. The summed E-state index contributed by atoms with van der Waals surface area (Å²) in [5.74, 6) is -23.1. The van der Waals surface area contributed by atoms with Gasteiger partial charge in [-0.3, -0.25) is 0 Å². The third kappa shape index (κ3) is 5.51. The molecule has 43 heavy (non-hydrogen) atoms. The van der Waals surface area contributed by atoms with Crippen molar-refractivity contribution < 1.29 is 70.8 Å². The van der Waals surface area contributed by atoms with Gasteiger partial charge in [-0.15, -0.1) is 0 Å². The van der Waals surface area contributed by atoms with Crippen LogP contribution < -0.4 is 17.2 Å². The van der Waals surface area contributed by atoms with Crippen molar-refractivity contribution >= 4 is 19.7 Å². The summed E-state index contributed by atoms with van der Waals surface area (Å²) in [5, 5.41) is 0. The summed E-state index contributed by atoms with van der Waals surface area (Å²) in [7, 11) is 0. The van der Waals surface area contributed by atoms with Crippen LogP contribution in [0.5, 0.6) is 11.5 Å². The van der Waals surface area contributed by atoms with Crippen LogP contribution in [0.25, 0.3) is 0 Å². The third-order valence-corrected chi connectivity index (χ3v) is 14.9. The fourth-order valence-electron chi connectivity index (χ4n) is 5.22. The van der Waals surface area contributed by atoms with Crippen molar-refractivity contribution in [3.8, 4) is 11.5 Å². The Kier molecular flexibility index (Phi) is 9.81. The van der Waals surface area contributed by atoms with E-state index < -0.39 is 94.3 Å². The molecule has 0 bridgehead atoms. The monoisotopic (exact) mass is 648 g/mol. The Morgan fingerprint density at radius 1 is 0.605 bits per heavy atom. The van der Waals surface area contributed by atoms with Crippen LogP contribution in [0, 0.1) is 46.5 Å². The van der Waals surface area contributed by atoms with Crippen molar-refractivity contribution in [1.82, 2.24) is 0 Å². The summed E-state index contributed by atoms with van der Waals surface area (Å²) in [4.78, 5) is 23.9. The van der Waals surface area contributed by atoms with E-state index in [9.17, 15) is 9.59 Å². The van der Waals surface area contributed by atoms with Gasteiger partial charge in [-0.05, 0) is 0 Å². The van der Waals surface area contributed by atoms with E-state index in [1.165, 1.54) is 50.3 Å². The minimum absolute atomic E-state index is 0.116. The summed E-state index contributed by atoms with van der Waals surface area (Å²) in [6.45, 7) is 3.06. The van der Waals surface area contributed by atoms with Gasteiger partial charge in [-0.1, -0.05) is 0 Å². The van der Waals surface area contributed by atoms with E-state index in [0.717, 1.165) is 0 Å². The molecule has 2 aliphatic carbocycles. The van der Waals surface area contributed by atoms with Crippen LogP contribution in [0.15, 0.2) is 44.2 Å². The Balaban J connectivity index is 2.14. The van der Waals surface area contributed by atoms with Crippen LogP contribution in [0.4, 0.5) is 35.1 Å². The van der Waals surface area contributed by atoms with E-state index in [4.69, 9.17) is 0 Å². The van der Waals surface area contributed by atoms with Gasteiger partial charge in [-0.2, -0.15) is 0 Å². The van der Waals surface area contributed by atoms with E-state index in [1.54, 1.807) is 0 Å². The molecule has 0 aromatic heterocycles. The molecule has 0 fully saturated rings. The Bertz CT molecular complexity index is 1450. The number of rotatable bonds is 10. The summed E-state index contributed by atoms with van der Waals surface area (Å²) in [5.41, 5.74) is 0. The molecule has 0 saturated heterocycles. The molecule has 0 radical (unpaired) electrons. The molecule has 0 amide bonds. The Labute approximate surface area is 244 Å². The number of carbonyl (C=O) groups is 2. The second-order valence-electron chi connectivity index (χ2n) is 9.77. The number of hydrogen-bond acceptors (Lipinski definition) is 4. The first-order chi connectivity index (χ1) is 20.4. The first kappa shape index (κ1) is 32.4. The number of carbonyl (C=O) groups excluding carboxylic acids is 2. The zero-order valence-corrected chi connectivity index (χ0v) is 24.4. The number of benzene rings is 2. The predicted molar refractivity (Wildman–Crippen MR) is 137 cm³/mol. The van der Waals surface area contributed by atoms with Crippen molar-refractivity contribution in [3.05, 3.63) is 90.7 Å². The Morgan fingerprint density at radius 3 is 1.19 bits per heavy atom. The minimum atomic E-state index is -6.08. The van der Waals surface area contributed by atoms with Gasteiger partial charge in [0.1, 0.15) is 0 Å². The standard InChI is InChI=1S/2C10H7F4O2.2C5H5.Ti/c2*1-2-3-7(15)16-10-8(13)5(11)4-6(12)9(10)14;2*1-2-4-5-3-1;/h2*2-3H2,1H3;2*1-3H,4H2;. The second-order valence-corrected chi connectivity index (χ2v) is 15.7. The van der Waals surface area contributed by atoms with E-state index in [2.05, 4.69) is 9.47 Å². The van der Waals surface area contributed by atoms with Gasteiger partial charge in [0.05, 0.1) is 0 Å². The average Bonchev–Trinajstić information content (AvgIpc) is 3.71. The molecular weight excluding hydrogens is 624 g/mol. The zero-order chi connectivity index (χ0) is 31.6. The summed E-state index contributed by atoms with van der Waals surface area (Å²) in [6, 6.07) is 0. The summed E-state index contributed by atoms with van der Waals surface area (Å²) >= 11 is -6.08. The normalized spacial score (nSPS) is 14.3. The zero-order valence-electron chi connectivity index (χ0n) is 22.9. The molecule has 2 aromatic rings. The van der Waals surface area contributed by atoms with Crippen LogP contribution in [0.1, 0.15) is 52.4 Å². The van der Waals surface area contributed by atoms with Crippen LogP contribution >= 0.6 is 0 Å². The van der Waals surface area contributed by atoms with Crippen LogP contribution in [0.3, 0.4) is 0 Å². The van der Waals surface area contributed by atoms with Crippen molar-refractivity contribution in [2.24, 2.45) is 0 Å². The van der Waals surface area contributed by atoms with E-state index >= 15 is 35.1 Å². The first-order valence-electron chi connectivity index (χ1n) is 13.3. The summed E-state index contributed by atoms with van der Waals surface area (Å²) in [6.07, 6.45) is 7.15. The fraction of sp³-hybridized carbons (Fsp3) is 0.267. The number of halogens is 8.